The molecule has 2 aromatic rings. The van der Waals surface area contributed by atoms with Crippen LogP contribution in [0.4, 0.5) is 0 Å². The van der Waals surface area contributed by atoms with E-state index in [4.69, 9.17) is 9.47 Å². The van der Waals surface area contributed by atoms with Gasteiger partial charge in [0.15, 0.2) is 0 Å². The van der Waals surface area contributed by atoms with Gasteiger partial charge in [-0.1, -0.05) is 30.3 Å². The summed E-state index contributed by atoms with van der Waals surface area (Å²) in [5.41, 5.74) is 1.43. The highest BCUT2D eigenvalue weighted by Crippen LogP contribution is 2.21. The zero-order valence-electron chi connectivity index (χ0n) is 16.5. The van der Waals surface area contributed by atoms with Gasteiger partial charge in [-0.25, -0.2) is 8.42 Å². The smallest absolute Gasteiger partial charge is 0.243 e. The van der Waals surface area contributed by atoms with Crippen LogP contribution >= 0.6 is 0 Å². The molecule has 0 spiro atoms. The number of sulfonamides is 1. The minimum atomic E-state index is -3.62. The lowest BCUT2D eigenvalue weighted by Crippen LogP contribution is -2.41. The molecule has 1 N–H and O–H groups in total. The summed E-state index contributed by atoms with van der Waals surface area (Å²) >= 11 is 0. The van der Waals surface area contributed by atoms with E-state index < -0.39 is 10.0 Å². The first-order chi connectivity index (χ1) is 14.0. The Morgan fingerprint density at radius 2 is 1.79 bits per heavy atom. The maximum absolute atomic E-state index is 13.0. The van der Waals surface area contributed by atoms with Crippen molar-refractivity contribution in [1.82, 2.24) is 9.62 Å². The lowest BCUT2D eigenvalue weighted by atomic mass is 10.1. The van der Waals surface area contributed by atoms with Crippen molar-refractivity contribution in [3.63, 3.8) is 0 Å². The van der Waals surface area contributed by atoms with Gasteiger partial charge in [0, 0.05) is 19.6 Å². The average molecular weight is 419 g/mol. The maximum Gasteiger partial charge on any atom is 0.243 e. The molecule has 0 bridgehead atoms. The van der Waals surface area contributed by atoms with E-state index in [9.17, 15) is 13.2 Å². The third kappa shape index (κ3) is 5.56. The first-order valence-corrected chi connectivity index (χ1v) is 11.1. The Bertz CT molecular complexity index is 922. The molecular weight excluding hydrogens is 392 g/mol. The van der Waals surface area contributed by atoms with Crippen LogP contribution in [0, 0.1) is 0 Å². The number of benzene rings is 2. The Balaban J connectivity index is 1.64. The minimum absolute atomic E-state index is 0.148. The van der Waals surface area contributed by atoms with E-state index in [-0.39, 0.29) is 23.8 Å². The van der Waals surface area contributed by atoms with Crippen LogP contribution in [-0.4, -0.2) is 51.5 Å². The average Bonchev–Trinajstić information content (AvgIpc) is 2.75. The summed E-state index contributed by atoms with van der Waals surface area (Å²) in [4.78, 5) is 12.6. The number of amides is 1. The van der Waals surface area contributed by atoms with Crippen LogP contribution in [0.3, 0.4) is 0 Å². The molecule has 1 fully saturated rings. The molecule has 8 heteroatoms. The van der Waals surface area contributed by atoms with Crippen molar-refractivity contribution in [1.29, 1.82) is 0 Å². The van der Waals surface area contributed by atoms with Gasteiger partial charge >= 0.3 is 0 Å². The van der Waals surface area contributed by atoms with Crippen LogP contribution in [0.2, 0.25) is 0 Å². The number of carbonyl (C=O) groups excluding carboxylic acids is 1. The Hall–Kier alpha value is -2.42. The van der Waals surface area contributed by atoms with Crippen LogP contribution in [0.5, 0.6) is 5.75 Å². The predicted molar refractivity (Wildman–Crippen MR) is 109 cm³/mol. The SMILES string of the molecule is CCOc1ccc(CC(=O)NCc2ccccc2S(=O)(=O)N2CCOCC2)cc1. The second kappa shape index (κ2) is 9.87. The summed E-state index contributed by atoms with van der Waals surface area (Å²) in [7, 11) is -3.62. The summed E-state index contributed by atoms with van der Waals surface area (Å²) < 4.78 is 38.0. The molecule has 1 aliphatic heterocycles. The minimum Gasteiger partial charge on any atom is -0.494 e. The number of nitrogens with one attached hydrogen (secondary N) is 1. The van der Waals surface area contributed by atoms with E-state index in [2.05, 4.69) is 5.32 Å². The largest absolute Gasteiger partial charge is 0.494 e. The number of hydrogen-bond acceptors (Lipinski definition) is 5. The van der Waals surface area contributed by atoms with Gasteiger partial charge in [-0.05, 0) is 36.2 Å². The second-order valence-corrected chi connectivity index (χ2v) is 8.56. The number of morpholine rings is 1. The van der Waals surface area contributed by atoms with Crippen LogP contribution in [0.15, 0.2) is 53.4 Å². The van der Waals surface area contributed by atoms with Crippen molar-refractivity contribution >= 4 is 15.9 Å². The lowest BCUT2D eigenvalue weighted by molar-refractivity contribution is -0.120. The molecule has 0 unspecified atom stereocenters. The lowest BCUT2D eigenvalue weighted by Gasteiger charge is -2.27. The van der Waals surface area contributed by atoms with Crippen LogP contribution < -0.4 is 10.1 Å². The fraction of sp³-hybridized carbons (Fsp3) is 0.381. The molecular formula is C21H26N2O5S. The zero-order valence-corrected chi connectivity index (χ0v) is 17.3. The number of ether oxygens (including phenoxy) is 2. The van der Waals surface area contributed by atoms with Crippen molar-refractivity contribution in [2.45, 2.75) is 24.8 Å². The van der Waals surface area contributed by atoms with Gasteiger partial charge in [0.1, 0.15) is 5.75 Å². The van der Waals surface area contributed by atoms with E-state index in [1.807, 2.05) is 31.2 Å². The highest BCUT2D eigenvalue weighted by atomic mass is 32.2. The third-order valence-electron chi connectivity index (χ3n) is 4.64. The van der Waals surface area contributed by atoms with Crippen LogP contribution in [-0.2, 0) is 32.5 Å². The van der Waals surface area contributed by atoms with E-state index in [0.717, 1.165) is 11.3 Å². The molecule has 0 saturated carbocycles. The van der Waals surface area contributed by atoms with Gasteiger partial charge in [0.05, 0.1) is 31.1 Å². The molecule has 1 heterocycles. The Kier molecular flexibility index (Phi) is 7.24. The molecule has 7 nitrogen and oxygen atoms in total. The number of hydrogen-bond donors (Lipinski definition) is 1. The third-order valence-corrected chi connectivity index (χ3v) is 6.63. The van der Waals surface area contributed by atoms with Crippen molar-refractivity contribution < 1.29 is 22.7 Å². The van der Waals surface area contributed by atoms with E-state index in [1.54, 1.807) is 24.3 Å². The molecule has 0 aliphatic carbocycles. The molecule has 156 valence electrons. The quantitative estimate of drug-likeness (QED) is 0.709. The van der Waals surface area contributed by atoms with Gasteiger partial charge < -0.3 is 14.8 Å². The molecule has 0 aromatic heterocycles. The first kappa shape index (κ1) is 21.3. The number of carbonyl (C=O) groups is 1. The van der Waals surface area contributed by atoms with Crippen LogP contribution in [0.1, 0.15) is 18.1 Å². The van der Waals surface area contributed by atoms with Crippen molar-refractivity contribution in [3.8, 4) is 5.75 Å². The number of nitrogens with zero attached hydrogens (tertiary/aromatic N) is 1. The Morgan fingerprint density at radius 3 is 2.48 bits per heavy atom. The van der Waals surface area contributed by atoms with Crippen molar-refractivity contribution in [2.24, 2.45) is 0 Å². The standard InChI is InChI=1S/C21H26N2O5S/c1-2-28-19-9-7-17(8-10-19)15-21(24)22-16-18-5-3-4-6-20(18)29(25,26)23-11-13-27-14-12-23/h3-10H,2,11-16H2,1H3,(H,22,24). The molecule has 1 saturated heterocycles. The van der Waals surface area contributed by atoms with Crippen molar-refractivity contribution in [3.05, 3.63) is 59.7 Å². The van der Waals surface area contributed by atoms with Gasteiger partial charge in [-0.15, -0.1) is 0 Å². The van der Waals surface area contributed by atoms with Crippen molar-refractivity contribution in [2.75, 3.05) is 32.9 Å². The second-order valence-electron chi connectivity index (χ2n) is 6.65. The monoisotopic (exact) mass is 418 g/mol. The predicted octanol–water partition coefficient (Wildman–Crippen LogP) is 1.97. The summed E-state index contributed by atoms with van der Waals surface area (Å²) in [5, 5.41) is 2.82. The molecule has 3 rings (SSSR count). The molecule has 29 heavy (non-hydrogen) atoms. The first-order valence-electron chi connectivity index (χ1n) is 9.65. The van der Waals surface area contributed by atoms with E-state index in [1.165, 1.54) is 4.31 Å². The van der Waals surface area contributed by atoms with E-state index in [0.29, 0.717) is 38.5 Å². The molecule has 0 atom stereocenters. The summed E-state index contributed by atoms with van der Waals surface area (Å²) in [6.07, 6.45) is 0.213. The fourth-order valence-electron chi connectivity index (χ4n) is 3.14. The summed E-state index contributed by atoms with van der Waals surface area (Å²) in [6.45, 7) is 4.10. The van der Waals surface area contributed by atoms with Gasteiger partial charge in [-0.2, -0.15) is 4.31 Å². The molecule has 2 aromatic carbocycles. The van der Waals surface area contributed by atoms with E-state index >= 15 is 0 Å². The molecule has 1 aliphatic rings. The van der Waals surface area contributed by atoms with Crippen LogP contribution in [0.25, 0.3) is 0 Å². The highest BCUT2D eigenvalue weighted by Gasteiger charge is 2.28. The Labute approximate surface area is 171 Å². The fourth-order valence-corrected chi connectivity index (χ4v) is 4.77. The maximum atomic E-state index is 13.0. The normalized spacial score (nSPS) is 15.1. The number of rotatable bonds is 8. The van der Waals surface area contributed by atoms with Gasteiger partial charge in [0.2, 0.25) is 15.9 Å². The topological polar surface area (TPSA) is 84.9 Å². The zero-order chi connectivity index (χ0) is 20.7. The van der Waals surface area contributed by atoms with Gasteiger partial charge in [0.25, 0.3) is 0 Å². The summed E-state index contributed by atoms with van der Waals surface area (Å²) in [6, 6.07) is 14.1. The molecule has 0 radical (unpaired) electrons. The highest BCUT2D eigenvalue weighted by molar-refractivity contribution is 7.89. The van der Waals surface area contributed by atoms with Gasteiger partial charge in [-0.3, -0.25) is 4.79 Å². The Morgan fingerprint density at radius 1 is 1.10 bits per heavy atom. The summed E-state index contributed by atoms with van der Waals surface area (Å²) in [5.74, 6) is 0.589. The molecule has 1 amide bonds.